The number of ether oxygens (including phenoxy) is 1. The van der Waals surface area contributed by atoms with Crippen molar-refractivity contribution in [3.05, 3.63) is 0 Å². The van der Waals surface area contributed by atoms with Gasteiger partial charge in [-0.05, 0) is 20.3 Å². The number of nitrogens with two attached hydrogens (primary N) is 1. The fraction of sp³-hybridized carbons (Fsp3) is 0.900. The molecule has 0 bridgehead atoms. The van der Waals surface area contributed by atoms with Gasteiger partial charge in [0.05, 0.1) is 6.10 Å². The topological polar surface area (TPSA) is 64.3 Å². The third kappa shape index (κ3) is 2.45. The molecule has 0 spiro atoms. The molecule has 4 nitrogen and oxygen atoms in total. The zero-order valence-corrected chi connectivity index (χ0v) is 9.17. The van der Waals surface area contributed by atoms with Crippen LogP contribution in [0.25, 0.3) is 0 Å². The first kappa shape index (κ1) is 11.5. The van der Waals surface area contributed by atoms with Crippen LogP contribution in [0.5, 0.6) is 0 Å². The van der Waals surface area contributed by atoms with Crippen molar-refractivity contribution >= 4 is 5.91 Å². The number of carbonyl (C=O) groups excluding carboxylic acids is 1. The van der Waals surface area contributed by atoms with Crippen molar-refractivity contribution < 1.29 is 9.53 Å². The lowest BCUT2D eigenvalue weighted by Gasteiger charge is -2.30. The van der Waals surface area contributed by atoms with E-state index in [0.29, 0.717) is 6.54 Å². The quantitative estimate of drug-likeness (QED) is 0.684. The molecule has 1 amide bonds. The molecule has 0 aromatic heterocycles. The van der Waals surface area contributed by atoms with Crippen molar-refractivity contribution in [2.45, 2.75) is 38.8 Å². The number of nitrogens with one attached hydrogen (secondary N) is 1. The van der Waals surface area contributed by atoms with E-state index in [2.05, 4.69) is 19.2 Å². The molecule has 1 rings (SSSR count). The van der Waals surface area contributed by atoms with E-state index in [1.807, 2.05) is 6.92 Å². The van der Waals surface area contributed by atoms with Gasteiger partial charge in [0.1, 0.15) is 0 Å². The van der Waals surface area contributed by atoms with Crippen LogP contribution in [0.15, 0.2) is 0 Å². The fourth-order valence-electron chi connectivity index (χ4n) is 1.55. The molecular formula is C10H20N2O2. The third-order valence-electron chi connectivity index (χ3n) is 3.18. The summed E-state index contributed by atoms with van der Waals surface area (Å²) in [6.45, 7) is 7.42. The van der Waals surface area contributed by atoms with Gasteiger partial charge in [-0.15, -0.1) is 0 Å². The molecule has 0 aromatic rings. The Bertz CT molecular complexity index is 220. The van der Waals surface area contributed by atoms with Crippen LogP contribution in [-0.2, 0) is 9.53 Å². The highest BCUT2D eigenvalue weighted by Crippen LogP contribution is 2.24. The van der Waals surface area contributed by atoms with Gasteiger partial charge in [-0.1, -0.05) is 6.92 Å². The second-order valence-corrected chi connectivity index (χ2v) is 4.36. The molecule has 1 fully saturated rings. The maximum Gasteiger partial charge on any atom is 0.221 e. The first-order valence-corrected chi connectivity index (χ1v) is 5.11. The molecule has 3 unspecified atom stereocenters. The van der Waals surface area contributed by atoms with Gasteiger partial charge in [0.2, 0.25) is 5.91 Å². The van der Waals surface area contributed by atoms with Crippen LogP contribution >= 0.6 is 0 Å². The number of primary amides is 1. The number of rotatable bonds is 4. The zero-order chi connectivity index (χ0) is 10.8. The van der Waals surface area contributed by atoms with Crippen LogP contribution < -0.4 is 11.1 Å². The number of amides is 1. The molecule has 0 radical (unpaired) electrons. The van der Waals surface area contributed by atoms with Crippen molar-refractivity contribution in [3.8, 4) is 0 Å². The van der Waals surface area contributed by atoms with E-state index >= 15 is 0 Å². The molecule has 82 valence electrons. The summed E-state index contributed by atoms with van der Waals surface area (Å²) in [5.41, 5.74) is 5.18. The van der Waals surface area contributed by atoms with E-state index in [0.717, 1.165) is 13.0 Å². The Hall–Kier alpha value is -0.610. The van der Waals surface area contributed by atoms with Gasteiger partial charge < -0.3 is 15.8 Å². The maximum absolute atomic E-state index is 10.8. The first-order valence-electron chi connectivity index (χ1n) is 5.11. The lowest BCUT2D eigenvalue weighted by atomic mass is 9.94. The van der Waals surface area contributed by atoms with Crippen molar-refractivity contribution in [1.29, 1.82) is 0 Å². The van der Waals surface area contributed by atoms with Crippen molar-refractivity contribution in [2.75, 3.05) is 13.2 Å². The smallest absolute Gasteiger partial charge is 0.221 e. The minimum absolute atomic E-state index is 0.0102. The first-order chi connectivity index (χ1) is 6.46. The molecule has 0 aliphatic carbocycles. The largest absolute Gasteiger partial charge is 0.377 e. The molecule has 0 aromatic carbocycles. The van der Waals surface area contributed by atoms with Gasteiger partial charge >= 0.3 is 0 Å². The molecule has 3 N–H and O–H groups in total. The number of hydrogen-bond acceptors (Lipinski definition) is 3. The molecule has 4 heteroatoms. The van der Waals surface area contributed by atoms with E-state index in [4.69, 9.17) is 10.5 Å². The average molecular weight is 200 g/mol. The summed E-state index contributed by atoms with van der Waals surface area (Å²) in [6.07, 6.45) is 1.18. The predicted octanol–water partition coefficient (Wildman–Crippen LogP) is 0.265. The zero-order valence-electron chi connectivity index (χ0n) is 9.17. The van der Waals surface area contributed by atoms with Gasteiger partial charge in [-0.25, -0.2) is 0 Å². The second-order valence-electron chi connectivity index (χ2n) is 4.36. The SMILES string of the molecule is CC(CNC1(C)CCOC1C)C(N)=O. The summed E-state index contributed by atoms with van der Waals surface area (Å²) in [4.78, 5) is 10.8. The van der Waals surface area contributed by atoms with E-state index < -0.39 is 0 Å². The van der Waals surface area contributed by atoms with Crippen LogP contribution in [-0.4, -0.2) is 30.7 Å². The molecule has 0 saturated carbocycles. The van der Waals surface area contributed by atoms with E-state index in [1.165, 1.54) is 0 Å². The number of hydrogen-bond donors (Lipinski definition) is 2. The lowest BCUT2D eigenvalue weighted by Crippen LogP contribution is -2.50. The average Bonchev–Trinajstić information content (AvgIpc) is 2.44. The van der Waals surface area contributed by atoms with Gasteiger partial charge in [0.25, 0.3) is 0 Å². The van der Waals surface area contributed by atoms with E-state index in [9.17, 15) is 4.79 Å². The minimum Gasteiger partial charge on any atom is -0.377 e. The summed E-state index contributed by atoms with van der Waals surface area (Å²) < 4.78 is 5.48. The summed E-state index contributed by atoms with van der Waals surface area (Å²) in [5.74, 6) is -0.382. The molecule has 1 heterocycles. The standard InChI is InChI=1S/C10H20N2O2/c1-7(9(11)13)6-12-10(3)4-5-14-8(10)2/h7-8,12H,4-6H2,1-3H3,(H2,11,13). The van der Waals surface area contributed by atoms with E-state index in [1.54, 1.807) is 0 Å². The Morgan fingerprint density at radius 1 is 1.79 bits per heavy atom. The molecule has 1 saturated heterocycles. The Balaban J connectivity index is 2.40. The van der Waals surface area contributed by atoms with Gasteiger partial charge in [0, 0.05) is 24.6 Å². The van der Waals surface area contributed by atoms with Crippen LogP contribution in [0.2, 0.25) is 0 Å². The molecular weight excluding hydrogens is 180 g/mol. The van der Waals surface area contributed by atoms with Crippen molar-refractivity contribution in [3.63, 3.8) is 0 Å². The van der Waals surface area contributed by atoms with Gasteiger partial charge in [-0.3, -0.25) is 4.79 Å². The lowest BCUT2D eigenvalue weighted by molar-refractivity contribution is -0.121. The summed E-state index contributed by atoms with van der Waals surface area (Å²) in [5, 5.41) is 3.36. The Morgan fingerprint density at radius 3 is 2.86 bits per heavy atom. The third-order valence-corrected chi connectivity index (χ3v) is 3.18. The van der Waals surface area contributed by atoms with Crippen LogP contribution in [0.4, 0.5) is 0 Å². The molecule has 1 aliphatic rings. The fourth-order valence-corrected chi connectivity index (χ4v) is 1.55. The summed E-state index contributed by atoms with van der Waals surface area (Å²) in [6, 6.07) is 0. The van der Waals surface area contributed by atoms with E-state index in [-0.39, 0.29) is 23.5 Å². The highest BCUT2D eigenvalue weighted by molar-refractivity contribution is 5.76. The monoisotopic (exact) mass is 200 g/mol. The molecule has 14 heavy (non-hydrogen) atoms. The second kappa shape index (κ2) is 4.28. The highest BCUT2D eigenvalue weighted by atomic mass is 16.5. The van der Waals surface area contributed by atoms with Crippen LogP contribution in [0.1, 0.15) is 27.2 Å². The van der Waals surface area contributed by atoms with Crippen LogP contribution in [0, 0.1) is 5.92 Å². The van der Waals surface area contributed by atoms with Crippen LogP contribution in [0.3, 0.4) is 0 Å². The van der Waals surface area contributed by atoms with Crippen molar-refractivity contribution in [2.24, 2.45) is 11.7 Å². The predicted molar refractivity (Wildman–Crippen MR) is 54.8 cm³/mol. The Morgan fingerprint density at radius 2 is 2.43 bits per heavy atom. The van der Waals surface area contributed by atoms with Gasteiger partial charge in [0.15, 0.2) is 0 Å². The normalized spacial score (nSPS) is 34.4. The minimum atomic E-state index is -0.257. The maximum atomic E-state index is 10.8. The van der Waals surface area contributed by atoms with Gasteiger partial charge in [-0.2, -0.15) is 0 Å². The number of carbonyl (C=O) groups is 1. The molecule has 3 atom stereocenters. The van der Waals surface area contributed by atoms with Crippen molar-refractivity contribution in [1.82, 2.24) is 5.32 Å². The highest BCUT2D eigenvalue weighted by Gasteiger charge is 2.36. The summed E-state index contributed by atoms with van der Waals surface area (Å²) >= 11 is 0. The summed E-state index contributed by atoms with van der Waals surface area (Å²) in [7, 11) is 0. The molecule has 1 aliphatic heterocycles. The Kier molecular flexibility index (Phi) is 3.50. The Labute approximate surface area is 85.2 Å².